The second-order valence-electron chi connectivity index (χ2n) is 4.88. The van der Waals surface area contributed by atoms with E-state index in [-0.39, 0.29) is 17.2 Å². The van der Waals surface area contributed by atoms with Gasteiger partial charge in [0.1, 0.15) is 11.2 Å². The molecule has 1 aliphatic heterocycles. The van der Waals surface area contributed by atoms with E-state index < -0.39 is 0 Å². The molecule has 2 amide bonds. The Kier molecular flexibility index (Phi) is 4.69. The summed E-state index contributed by atoms with van der Waals surface area (Å²) in [5.74, 6) is 0.524. The Labute approximate surface area is 141 Å². The summed E-state index contributed by atoms with van der Waals surface area (Å²) in [5, 5.41) is 2.58. The zero-order valence-corrected chi connectivity index (χ0v) is 14.0. The summed E-state index contributed by atoms with van der Waals surface area (Å²) in [6, 6.07) is 13.8. The molecule has 3 rings (SSSR count). The van der Waals surface area contributed by atoms with Gasteiger partial charge in [0.15, 0.2) is 0 Å². The molecule has 2 aromatic rings. The standard InChI is InChI=1S/C16H14BrFN2OS/c17-11-5-7-12(8-6-11)19-16(21)20-9-10-22-15(20)13-3-1-2-4-14(13)18/h1-8,15H,9-10H2,(H,19,21)/t15-/m1/s1. The summed E-state index contributed by atoms with van der Waals surface area (Å²) in [7, 11) is 0. The number of nitrogens with zero attached hydrogens (tertiary/aromatic N) is 1. The third kappa shape index (κ3) is 3.28. The highest BCUT2D eigenvalue weighted by Crippen LogP contribution is 2.39. The number of hydrogen-bond donors (Lipinski definition) is 1. The monoisotopic (exact) mass is 380 g/mol. The maximum Gasteiger partial charge on any atom is 0.323 e. The summed E-state index contributed by atoms with van der Waals surface area (Å²) in [5.41, 5.74) is 1.27. The molecule has 3 nitrogen and oxygen atoms in total. The van der Waals surface area contributed by atoms with E-state index in [2.05, 4.69) is 21.2 Å². The van der Waals surface area contributed by atoms with E-state index in [1.54, 1.807) is 34.9 Å². The molecule has 0 saturated carbocycles. The predicted octanol–water partition coefficient (Wildman–Crippen LogP) is 4.87. The van der Waals surface area contributed by atoms with Crippen molar-refractivity contribution in [1.82, 2.24) is 4.90 Å². The van der Waals surface area contributed by atoms with Crippen molar-refractivity contribution in [2.75, 3.05) is 17.6 Å². The number of rotatable bonds is 2. The van der Waals surface area contributed by atoms with Gasteiger partial charge in [-0.25, -0.2) is 9.18 Å². The summed E-state index contributed by atoms with van der Waals surface area (Å²) in [4.78, 5) is 14.1. The SMILES string of the molecule is O=C(Nc1ccc(Br)cc1)N1CCS[C@@H]1c1ccccc1F. The van der Waals surface area contributed by atoms with Crippen molar-refractivity contribution in [2.24, 2.45) is 0 Å². The molecular weight excluding hydrogens is 367 g/mol. The first-order chi connectivity index (χ1) is 10.6. The van der Waals surface area contributed by atoms with Crippen LogP contribution in [0.2, 0.25) is 0 Å². The van der Waals surface area contributed by atoms with Crippen molar-refractivity contribution in [3.63, 3.8) is 0 Å². The number of carbonyl (C=O) groups is 1. The number of hydrogen-bond acceptors (Lipinski definition) is 2. The van der Waals surface area contributed by atoms with Crippen LogP contribution < -0.4 is 5.32 Å². The lowest BCUT2D eigenvalue weighted by molar-refractivity contribution is 0.213. The molecule has 1 atom stereocenters. The summed E-state index contributed by atoms with van der Waals surface area (Å²) in [6.45, 7) is 0.603. The third-order valence-electron chi connectivity index (χ3n) is 3.42. The molecule has 6 heteroatoms. The van der Waals surface area contributed by atoms with Crippen LogP contribution in [0.15, 0.2) is 53.0 Å². The lowest BCUT2D eigenvalue weighted by Crippen LogP contribution is -2.34. The fraction of sp³-hybridized carbons (Fsp3) is 0.188. The minimum Gasteiger partial charge on any atom is -0.308 e. The average Bonchev–Trinajstić information content (AvgIpc) is 2.99. The van der Waals surface area contributed by atoms with E-state index >= 15 is 0 Å². The average molecular weight is 381 g/mol. The van der Waals surface area contributed by atoms with Crippen LogP contribution in [-0.2, 0) is 0 Å². The number of nitrogens with one attached hydrogen (secondary N) is 1. The van der Waals surface area contributed by atoms with Gasteiger partial charge in [0.2, 0.25) is 0 Å². The molecule has 1 N–H and O–H groups in total. The third-order valence-corrected chi connectivity index (χ3v) is 5.19. The molecule has 0 aliphatic carbocycles. The van der Waals surface area contributed by atoms with E-state index in [4.69, 9.17) is 0 Å². The topological polar surface area (TPSA) is 32.3 Å². The number of carbonyl (C=O) groups excluding carboxylic acids is 1. The fourth-order valence-electron chi connectivity index (χ4n) is 2.34. The molecule has 1 saturated heterocycles. The summed E-state index contributed by atoms with van der Waals surface area (Å²) < 4.78 is 14.9. The van der Waals surface area contributed by atoms with Gasteiger partial charge >= 0.3 is 6.03 Å². The number of urea groups is 1. The Morgan fingerprint density at radius 1 is 1.23 bits per heavy atom. The van der Waals surface area contributed by atoms with Gasteiger partial charge in [-0.15, -0.1) is 11.8 Å². The van der Waals surface area contributed by atoms with Crippen LogP contribution in [0.5, 0.6) is 0 Å². The number of benzene rings is 2. The highest BCUT2D eigenvalue weighted by molar-refractivity contribution is 9.10. The number of halogens is 2. The van der Waals surface area contributed by atoms with E-state index in [1.807, 2.05) is 24.3 Å². The molecule has 22 heavy (non-hydrogen) atoms. The molecule has 0 unspecified atom stereocenters. The molecular formula is C16H14BrFN2OS. The molecule has 1 aliphatic rings. The molecule has 0 bridgehead atoms. The van der Waals surface area contributed by atoms with Gasteiger partial charge in [0, 0.05) is 28.0 Å². The largest absolute Gasteiger partial charge is 0.323 e. The van der Waals surface area contributed by atoms with Crippen LogP contribution in [0.25, 0.3) is 0 Å². The molecule has 1 heterocycles. The lowest BCUT2D eigenvalue weighted by atomic mass is 10.2. The quantitative estimate of drug-likeness (QED) is 0.805. The minimum atomic E-state index is -0.281. The van der Waals surface area contributed by atoms with Crippen molar-refractivity contribution >= 4 is 39.4 Å². The molecule has 0 spiro atoms. The van der Waals surface area contributed by atoms with E-state index in [0.29, 0.717) is 12.1 Å². The Hall–Kier alpha value is -1.53. The van der Waals surface area contributed by atoms with Crippen molar-refractivity contribution < 1.29 is 9.18 Å². The second-order valence-corrected chi connectivity index (χ2v) is 6.98. The van der Waals surface area contributed by atoms with E-state index in [0.717, 1.165) is 15.9 Å². The molecule has 0 radical (unpaired) electrons. The maximum absolute atomic E-state index is 14.0. The van der Waals surface area contributed by atoms with Gasteiger partial charge < -0.3 is 10.2 Å². The smallest absolute Gasteiger partial charge is 0.308 e. The molecule has 0 aromatic heterocycles. The van der Waals surface area contributed by atoms with Crippen molar-refractivity contribution in [1.29, 1.82) is 0 Å². The van der Waals surface area contributed by atoms with Crippen LogP contribution in [0, 0.1) is 5.82 Å². The number of thioether (sulfide) groups is 1. The first-order valence-electron chi connectivity index (χ1n) is 6.84. The summed E-state index contributed by atoms with van der Waals surface area (Å²) in [6.07, 6.45) is 0. The van der Waals surface area contributed by atoms with Crippen molar-refractivity contribution in [2.45, 2.75) is 5.37 Å². The zero-order chi connectivity index (χ0) is 15.5. The van der Waals surface area contributed by atoms with E-state index in [9.17, 15) is 9.18 Å². The summed E-state index contributed by atoms with van der Waals surface area (Å²) >= 11 is 4.93. The van der Waals surface area contributed by atoms with Gasteiger partial charge in [-0.3, -0.25) is 0 Å². The normalized spacial score (nSPS) is 17.5. The van der Waals surface area contributed by atoms with Crippen molar-refractivity contribution in [3.05, 3.63) is 64.4 Å². The molecule has 114 valence electrons. The van der Waals surface area contributed by atoms with Gasteiger partial charge in [0.05, 0.1) is 0 Å². The van der Waals surface area contributed by atoms with Gasteiger partial charge in [-0.2, -0.15) is 0 Å². The fourth-order valence-corrected chi connectivity index (χ4v) is 3.88. The molecule has 2 aromatic carbocycles. The van der Waals surface area contributed by atoms with Crippen LogP contribution in [0.3, 0.4) is 0 Å². The Bertz CT molecular complexity index is 680. The van der Waals surface area contributed by atoms with Gasteiger partial charge in [-0.1, -0.05) is 34.1 Å². The van der Waals surface area contributed by atoms with Gasteiger partial charge in [-0.05, 0) is 30.3 Å². The van der Waals surface area contributed by atoms with Crippen LogP contribution in [0.1, 0.15) is 10.9 Å². The maximum atomic E-state index is 14.0. The van der Waals surface area contributed by atoms with Crippen LogP contribution >= 0.6 is 27.7 Å². The van der Waals surface area contributed by atoms with Crippen LogP contribution in [-0.4, -0.2) is 23.2 Å². The van der Waals surface area contributed by atoms with E-state index in [1.165, 1.54) is 6.07 Å². The minimum absolute atomic E-state index is 0.208. The first kappa shape index (κ1) is 15.4. The Balaban J connectivity index is 1.76. The molecule has 1 fully saturated rings. The van der Waals surface area contributed by atoms with Crippen molar-refractivity contribution in [3.8, 4) is 0 Å². The van der Waals surface area contributed by atoms with Crippen LogP contribution in [0.4, 0.5) is 14.9 Å². The highest BCUT2D eigenvalue weighted by atomic mass is 79.9. The van der Waals surface area contributed by atoms with Gasteiger partial charge in [0.25, 0.3) is 0 Å². The second kappa shape index (κ2) is 6.71. The number of anilines is 1. The predicted molar refractivity (Wildman–Crippen MR) is 91.5 cm³/mol. The number of amides is 2. The lowest BCUT2D eigenvalue weighted by Gasteiger charge is -2.24. The first-order valence-corrected chi connectivity index (χ1v) is 8.68. The zero-order valence-electron chi connectivity index (χ0n) is 11.6. The Morgan fingerprint density at radius 2 is 1.95 bits per heavy atom. The Morgan fingerprint density at radius 3 is 2.68 bits per heavy atom. The highest BCUT2D eigenvalue weighted by Gasteiger charge is 2.32.